The lowest BCUT2D eigenvalue weighted by atomic mass is 10.1. The lowest BCUT2D eigenvalue weighted by Crippen LogP contribution is -2.52. The van der Waals surface area contributed by atoms with Crippen LogP contribution in [0.2, 0.25) is 0 Å². The minimum Gasteiger partial charge on any atom is -0.336 e. The molecule has 1 aromatic heterocycles. The normalized spacial score (nSPS) is 20.8. The van der Waals surface area contributed by atoms with Crippen molar-refractivity contribution >= 4 is 15.7 Å². The molecule has 0 unspecified atom stereocenters. The summed E-state index contributed by atoms with van der Waals surface area (Å²) in [5.41, 5.74) is 4.22. The van der Waals surface area contributed by atoms with Crippen molar-refractivity contribution in [2.45, 2.75) is 19.4 Å². The number of para-hydroxylation sites is 1. The SMILES string of the molecule is Cc1ccc(-c2nn(-c3ccccc3)cc2C(=O)N2CCN([C@@H]3CCS(=O)(=O)C3)CC2)cc1. The molecule has 33 heavy (non-hydrogen) atoms. The number of aromatic nitrogens is 2. The number of sulfone groups is 1. The van der Waals surface area contributed by atoms with E-state index in [0.717, 1.165) is 16.8 Å². The summed E-state index contributed by atoms with van der Waals surface area (Å²) >= 11 is 0. The molecular formula is C25H28N4O3S. The van der Waals surface area contributed by atoms with Crippen LogP contribution in [-0.4, -0.2) is 77.6 Å². The Hall–Kier alpha value is -2.97. The quantitative estimate of drug-likeness (QED) is 0.594. The van der Waals surface area contributed by atoms with Crippen molar-refractivity contribution in [1.82, 2.24) is 19.6 Å². The first-order chi connectivity index (χ1) is 15.9. The molecule has 3 aromatic rings. The average molecular weight is 465 g/mol. The van der Waals surface area contributed by atoms with Gasteiger partial charge in [0.1, 0.15) is 5.69 Å². The third-order valence-corrected chi connectivity index (χ3v) is 8.37. The number of hydrogen-bond donors (Lipinski definition) is 0. The van der Waals surface area contributed by atoms with Gasteiger partial charge in [-0.15, -0.1) is 0 Å². The fourth-order valence-corrected chi connectivity index (χ4v) is 6.45. The van der Waals surface area contributed by atoms with Crippen LogP contribution in [0.15, 0.2) is 60.8 Å². The molecule has 2 aliphatic rings. The molecule has 2 aliphatic heterocycles. The van der Waals surface area contributed by atoms with Gasteiger partial charge in [0.2, 0.25) is 0 Å². The molecule has 2 saturated heterocycles. The second-order valence-electron chi connectivity index (χ2n) is 8.92. The number of carbonyl (C=O) groups is 1. The van der Waals surface area contributed by atoms with Gasteiger partial charge in [0.25, 0.3) is 5.91 Å². The number of rotatable bonds is 4. The molecule has 5 rings (SSSR count). The van der Waals surface area contributed by atoms with Gasteiger partial charge in [-0.2, -0.15) is 5.10 Å². The largest absolute Gasteiger partial charge is 0.336 e. The summed E-state index contributed by atoms with van der Waals surface area (Å²) in [5, 5.41) is 4.78. The van der Waals surface area contributed by atoms with E-state index in [-0.39, 0.29) is 23.5 Å². The van der Waals surface area contributed by atoms with Gasteiger partial charge in [0.15, 0.2) is 9.84 Å². The third kappa shape index (κ3) is 4.58. The number of carbonyl (C=O) groups excluding carboxylic acids is 1. The van der Waals surface area contributed by atoms with Crippen molar-refractivity contribution in [3.63, 3.8) is 0 Å². The number of piperazine rings is 1. The predicted octanol–water partition coefficient (Wildman–Crippen LogP) is 2.79. The standard InChI is InChI=1S/C25H28N4O3S/c1-19-7-9-20(10-8-19)24-23(17-29(26-24)21-5-3-2-4-6-21)25(30)28-14-12-27(13-15-28)22-11-16-33(31,32)18-22/h2-10,17,22H,11-16,18H2,1H3/t22-/m1/s1. The summed E-state index contributed by atoms with van der Waals surface area (Å²) < 4.78 is 25.5. The fraction of sp³-hybridized carbons (Fsp3) is 0.360. The highest BCUT2D eigenvalue weighted by atomic mass is 32.2. The molecular weight excluding hydrogens is 436 g/mol. The van der Waals surface area contributed by atoms with Crippen LogP contribution in [0.1, 0.15) is 22.3 Å². The maximum absolute atomic E-state index is 13.6. The van der Waals surface area contributed by atoms with Crippen molar-refractivity contribution in [1.29, 1.82) is 0 Å². The molecule has 0 radical (unpaired) electrons. The minimum absolute atomic E-state index is 0.0357. The van der Waals surface area contributed by atoms with E-state index in [9.17, 15) is 13.2 Å². The van der Waals surface area contributed by atoms with Crippen LogP contribution in [0.5, 0.6) is 0 Å². The molecule has 172 valence electrons. The smallest absolute Gasteiger partial charge is 0.257 e. The second kappa shape index (κ2) is 8.76. The monoisotopic (exact) mass is 464 g/mol. The number of nitrogens with zero attached hydrogens (tertiary/aromatic N) is 4. The first-order valence-corrected chi connectivity index (χ1v) is 13.2. The van der Waals surface area contributed by atoms with Crippen LogP contribution in [-0.2, 0) is 9.84 Å². The Morgan fingerprint density at radius 1 is 0.970 bits per heavy atom. The van der Waals surface area contributed by atoms with E-state index in [1.54, 1.807) is 4.68 Å². The van der Waals surface area contributed by atoms with Gasteiger partial charge < -0.3 is 4.90 Å². The van der Waals surface area contributed by atoms with E-state index in [0.29, 0.717) is 43.9 Å². The highest BCUT2D eigenvalue weighted by Crippen LogP contribution is 2.26. The molecule has 8 heteroatoms. The van der Waals surface area contributed by atoms with E-state index in [2.05, 4.69) is 4.90 Å². The maximum atomic E-state index is 13.6. The Kier molecular flexibility index (Phi) is 5.80. The summed E-state index contributed by atoms with van der Waals surface area (Å²) in [5.74, 6) is 0.476. The molecule has 0 N–H and O–H groups in total. The summed E-state index contributed by atoms with van der Waals surface area (Å²) in [6, 6.07) is 17.9. The van der Waals surface area contributed by atoms with Crippen molar-refractivity contribution in [3.8, 4) is 16.9 Å². The first-order valence-electron chi connectivity index (χ1n) is 11.4. The topological polar surface area (TPSA) is 75.5 Å². The molecule has 1 amide bonds. The molecule has 1 atom stereocenters. The van der Waals surface area contributed by atoms with Crippen molar-refractivity contribution in [2.24, 2.45) is 0 Å². The summed E-state index contributed by atoms with van der Waals surface area (Å²) in [4.78, 5) is 17.7. The Bertz CT molecular complexity index is 1240. The summed E-state index contributed by atoms with van der Waals surface area (Å²) in [7, 11) is -2.91. The molecule has 0 aliphatic carbocycles. The first kappa shape index (κ1) is 21.9. The van der Waals surface area contributed by atoms with E-state index in [1.807, 2.05) is 72.6 Å². The van der Waals surface area contributed by atoms with Gasteiger partial charge in [-0.1, -0.05) is 48.0 Å². The van der Waals surface area contributed by atoms with E-state index >= 15 is 0 Å². The minimum atomic E-state index is -2.91. The molecule has 2 aromatic carbocycles. The van der Waals surface area contributed by atoms with Crippen LogP contribution in [0, 0.1) is 6.92 Å². The summed E-state index contributed by atoms with van der Waals surface area (Å²) in [6.07, 6.45) is 2.51. The predicted molar refractivity (Wildman–Crippen MR) is 128 cm³/mol. The van der Waals surface area contributed by atoms with Crippen LogP contribution >= 0.6 is 0 Å². The lowest BCUT2D eigenvalue weighted by molar-refractivity contribution is 0.0588. The average Bonchev–Trinajstić information content (AvgIpc) is 3.43. The van der Waals surface area contributed by atoms with E-state index in [1.165, 1.54) is 0 Å². The molecule has 2 fully saturated rings. The highest BCUT2D eigenvalue weighted by molar-refractivity contribution is 7.91. The van der Waals surface area contributed by atoms with Crippen LogP contribution in [0.3, 0.4) is 0 Å². The number of aryl methyl sites for hydroxylation is 1. The van der Waals surface area contributed by atoms with Gasteiger partial charge in [-0.25, -0.2) is 13.1 Å². The second-order valence-corrected chi connectivity index (χ2v) is 11.2. The Morgan fingerprint density at radius 3 is 2.30 bits per heavy atom. The fourth-order valence-electron chi connectivity index (χ4n) is 4.69. The molecule has 0 spiro atoms. The van der Waals surface area contributed by atoms with Gasteiger partial charge in [-0.05, 0) is 25.5 Å². The van der Waals surface area contributed by atoms with Crippen molar-refractivity contribution in [3.05, 3.63) is 71.9 Å². The molecule has 0 saturated carbocycles. The van der Waals surface area contributed by atoms with Crippen LogP contribution in [0.4, 0.5) is 0 Å². The maximum Gasteiger partial charge on any atom is 0.257 e. The Morgan fingerprint density at radius 2 is 1.67 bits per heavy atom. The number of amides is 1. The van der Waals surface area contributed by atoms with Crippen LogP contribution in [0.25, 0.3) is 16.9 Å². The highest BCUT2D eigenvalue weighted by Gasteiger charge is 2.35. The van der Waals surface area contributed by atoms with Gasteiger partial charge in [0, 0.05) is 44.0 Å². The van der Waals surface area contributed by atoms with Gasteiger partial charge in [0.05, 0.1) is 22.8 Å². The third-order valence-electron chi connectivity index (χ3n) is 6.62. The van der Waals surface area contributed by atoms with E-state index in [4.69, 9.17) is 5.10 Å². The van der Waals surface area contributed by atoms with Gasteiger partial charge >= 0.3 is 0 Å². The van der Waals surface area contributed by atoms with Crippen LogP contribution < -0.4 is 0 Å². The Labute approximate surface area is 194 Å². The Balaban J connectivity index is 1.39. The zero-order valence-corrected chi connectivity index (χ0v) is 19.5. The zero-order valence-electron chi connectivity index (χ0n) is 18.7. The number of benzene rings is 2. The zero-order chi connectivity index (χ0) is 23.0. The van der Waals surface area contributed by atoms with Crippen molar-refractivity contribution < 1.29 is 13.2 Å². The molecule has 7 nitrogen and oxygen atoms in total. The summed E-state index contributed by atoms with van der Waals surface area (Å²) in [6.45, 7) is 4.59. The lowest BCUT2D eigenvalue weighted by Gasteiger charge is -2.37. The molecule has 0 bridgehead atoms. The molecule has 3 heterocycles. The van der Waals surface area contributed by atoms with E-state index < -0.39 is 9.84 Å². The van der Waals surface area contributed by atoms with Crippen molar-refractivity contribution in [2.75, 3.05) is 37.7 Å². The number of hydrogen-bond acceptors (Lipinski definition) is 5. The van der Waals surface area contributed by atoms with Gasteiger partial charge in [-0.3, -0.25) is 9.69 Å².